The minimum atomic E-state index is 0.0590. The molecule has 1 atom stereocenters. The van der Waals surface area contributed by atoms with Gasteiger partial charge in [0.05, 0.1) is 4.47 Å². The summed E-state index contributed by atoms with van der Waals surface area (Å²) in [5, 5.41) is 3.28. The molecular weight excluding hydrogens is 374 g/mol. The molecule has 0 aromatic carbocycles. The molecular formula is C12H17Br2N5. The molecule has 0 spiro atoms. The smallest absolute Gasteiger partial charge is 0.198 e. The summed E-state index contributed by atoms with van der Waals surface area (Å²) in [6.45, 7) is 4.00. The minimum absolute atomic E-state index is 0.0590. The number of rotatable bonds is 3. The molecule has 0 radical (unpaired) electrons. The van der Waals surface area contributed by atoms with Crippen molar-refractivity contribution in [2.24, 2.45) is 5.92 Å². The van der Waals surface area contributed by atoms with Crippen molar-refractivity contribution in [3.8, 4) is 0 Å². The fraction of sp³-hybridized carbons (Fsp3) is 0.500. The fourth-order valence-corrected chi connectivity index (χ4v) is 2.31. The molecule has 1 aliphatic carbocycles. The number of hydrogen-bond acceptors (Lipinski definition) is 5. The van der Waals surface area contributed by atoms with Crippen molar-refractivity contribution in [1.29, 1.82) is 0 Å². The Morgan fingerprint density at radius 1 is 1.32 bits per heavy atom. The monoisotopic (exact) mass is 389 g/mol. The maximum atomic E-state index is 4.27. The molecule has 5 nitrogen and oxygen atoms in total. The Labute approximate surface area is 129 Å². The van der Waals surface area contributed by atoms with Crippen molar-refractivity contribution < 1.29 is 0 Å². The van der Waals surface area contributed by atoms with Crippen molar-refractivity contribution in [2.75, 3.05) is 5.32 Å². The second-order valence-corrected chi connectivity index (χ2v) is 5.69. The van der Waals surface area contributed by atoms with Gasteiger partial charge < -0.3 is 10.7 Å². The topological polar surface area (TPSA) is 61.9 Å². The molecule has 1 aromatic rings. The van der Waals surface area contributed by atoms with Gasteiger partial charge in [0.15, 0.2) is 4.73 Å². The van der Waals surface area contributed by atoms with E-state index < -0.39 is 0 Å². The zero-order chi connectivity index (χ0) is 13.8. The Kier molecular flexibility index (Phi) is 5.18. The SMILES string of the molecule is Brc1ncc(Br)c(NC2C=C(C3CC3)NN2)n1.CC. The Morgan fingerprint density at radius 3 is 2.74 bits per heavy atom. The van der Waals surface area contributed by atoms with E-state index in [2.05, 4.69) is 64.1 Å². The number of halogens is 2. The third-order valence-corrected chi connectivity index (χ3v) is 3.70. The van der Waals surface area contributed by atoms with Crippen LogP contribution in [0.4, 0.5) is 5.82 Å². The number of hydrogen-bond donors (Lipinski definition) is 3. The molecule has 3 rings (SSSR count). The molecule has 1 saturated carbocycles. The van der Waals surface area contributed by atoms with Gasteiger partial charge in [-0.3, -0.25) is 0 Å². The van der Waals surface area contributed by atoms with Crippen molar-refractivity contribution in [1.82, 2.24) is 20.8 Å². The van der Waals surface area contributed by atoms with Crippen LogP contribution in [0.25, 0.3) is 0 Å². The first-order chi connectivity index (χ1) is 9.22. The lowest BCUT2D eigenvalue weighted by atomic mass is 10.3. The molecule has 2 heterocycles. The number of anilines is 1. The van der Waals surface area contributed by atoms with Gasteiger partial charge >= 0.3 is 0 Å². The summed E-state index contributed by atoms with van der Waals surface area (Å²) in [7, 11) is 0. The molecule has 1 unspecified atom stereocenters. The van der Waals surface area contributed by atoms with Gasteiger partial charge in [0.25, 0.3) is 0 Å². The molecule has 1 fully saturated rings. The van der Waals surface area contributed by atoms with Gasteiger partial charge in [-0.25, -0.2) is 15.4 Å². The predicted molar refractivity (Wildman–Crippen MR) is 83.3 cm³/mol. The van der Waals surface area contributed by atoms with Gasteiger partial charge in [0.2, 0.25) is 0 Å². The molecule has 0 bridgehead atoms. The number of aromatic nitrogens is 2. The van der Waals surface area contributed by atoms with Crippen molar-refractivity contribution in [3.05, 3.63) is 27.2 Å². The summed E-state index contributed by atoms with van der Waals surface area (Å²) in [6.07, 6.45) is 6.52. The average molecular weight is 391 g/mol. The molecule has 2 aliphatic rings. The molecule has 1 aliphatic heterocycles. The largest absolute Gasteiger partial charge is 0.349 e. The van der Waals surface area contributed by atoms with Gasteiger partial charge in [-0.1, -0.05) is 13.8 Å². The normalized spacial score (nSPS) is 21.1. The van der Waals surface area contributed by atoms with Crippen LogP contribution < -0.4 is 16.2 Å². The fourth-order valence-electron chi connectivity index (χ4n) is 1.73. The van der Waals surface area contributed by atoms with E-state index in [0.29, 0.717) is 4.73 Å². The standard InChI is InChI=1S/C10H11Br2N5.C2H6/c11-6-4-13-10(12)15-9(6)14-8-3-7(16-17-8)5-1-2-5;1-2/h3-5,8,16-17H,1-2H2,(H,13,14,15);1-2H3. The maximum absolute atomic E-state index is 4.27. The van der Waals surface area contributed by atoms with Gasteiger partial charge in [-0.2, -0.15) is 0 Å². The quantitative estimate of drug-likeness (QED) is 0.692. The van der Waals surface area contributed by atoms with Gasteiger partial charge in [-0.15, -0.1) is 0 Å². The van der Waals surface area contributed by atoms with E-state index in [4.69, 9.17) is 0 Å². The van der Waals surface area contributed by atoms with Crippen LogP contribution in [0.15, 0.2) is 27.2 Å². The molecule has 0 saturated heterocycles. The van der Waals surface area contributed by atoms with E-state index in [9.17, 15) is 0 Å². The summed E-state index contributed by atoms with van der Waals surface area (Å²) < 4.78 is 1.41. The number of nitrogens with one attached hydrogen (secondary N) is 3. The number of nitrogens with zero attached hydrogens (tertiary/aromatic N) is 2. The van der Waals surface area contributed by atoms with E-state index in [-0.39, 0.29) is 6.17 Å². The Hall–Kier alpha value is -0.660. The molecule has 19 heavy (non-hydrogen) atoms. The predicted octanol–water partition coefficient (Wildman–Crippen LogP) is 3.17. The Morgan fingerprint density at radius 2 is 2.05 bits per heavy atom. The first-order valence-corrected chi connectivity index (χ1v) is 7.99. The van der Waals surface area contributed by atoms with E-state index in [1.807, 2.05) is 13.8 Å². The highest BCUT2D eigenvalue weighted by molar-refractivity contribution is 9.11. The summed E-state index contributed by atoms with van der Waals surface area (Å²) in [5.74, 6) is 1.48. The highest BCUT2D eigenvalue weighted by atomic mass is 79.9. The van der Waals surface area contributed by atoms with E-state index in [0.717, 1.165) is 16.2 Å². The lowest BCUT2D eigenvalue weighted by molar-refractivity contribution is 0.599. The average Bonchev–Trinajstić information content (AvgIpc) is 3.17. The minimum Gasteiger partial charge on any atom is -0.349 e. The second kappa shape index (κ2) is 6.67. The van der Waals surface area contributed by atoms with Crippen LogP contribution in [0, 0.1) is 5.92 Å². The maximum Gasteiger partial charge on any atom is 0.198 e. The summed E-state index contributed by atoms with van der Waals surface area (Å²) in [6, 6.07) is 0. The van der Waals surface area contributed by atoms with Crippen molar-refractivity contribution in [2.45, 2.75) is 32.9 Å². The highest BCUT2D eigenvalue weighted by Gasteiger charge is 2.30. The van der Waals surface area contributed by atoms with Gasteiger partial charge in [0, 0.05) is 11.9 Å². The van der Waals surface area contributed by atoms with Gasteiger partial charge in [-0.05, 0) is 56.7 Å². The molecule has 104 valence electrons. The number of hydrazine groups is 1. The third-order valence-electron chi connectivity index (χ3n) is 2.74. The highest BCUT2D eigenvalue weighted by Crippen LogP contribution is 2.36. The van der Waals surface area contributed by atoms with Crippen LogP contribution in [0.1, 0.15) is 26.7 Å². The van der Waals surface area contributed by atoms with Crippen LogP contribution >= 0.6 is 31.9 Å². The summed E-state index contributed by atoms with van der Waals surface area (Å²) in [4.78, 5) is 8.31. The molecule has 0 amide bonds. The third kappa shape index (κ3) is 3.90. The number of allylic oxidation sites excluding steroid dienone is 1. The van der Waals surface area contributed by atoms with Crippen LogP contribution in [0.3, 0.4) is 0 Å². The van der Waals surface area contributed by atoms with Crippen molar-refractivity contribution in [3.63, 3.8) is 0 Å². The Balaban J connectivity index is 0.000000637. The lowest BCUT2D eigenvalue weighted by Crippen LogP contribution is -2.37. The van der Waals surface area contributed by atoms with E-state index in [1.165, 1.54) is 18.5 Å². The van der Waals surface area contributed by atoms with E-state index in [1.54, 1.807) is 6.20 Å². The first kappa shape index (κ1) is 14.7. The molecule has 1 aromatic heterocycles. The van der Waals surface area contributed by atoms with Gasteiger partial charge in [0.1, 0.15) is 12.0 Å². The zero-order valence-electron chi connectivity index (χ0n) is 10.9. The Bertz CT molecular complexity index is 473. The molecule has 3 N–H and O–H groups in total. The van der Waals surface area contributed by atoms with Crippen molar-refractivity contribution >= 4 is 37.7 Å². The van der Waals surface area contributed by atoms with E-state index >= 15 is 0 Å². The zero-order valence-corrected chi connectivity index (χ0v) is 14.0. The summed E-state index contributed by atoms with van der Waals surface area (Å²) >= 11 is 6.67. The second-order valence-electron chi connectivity index (χ2n) is 4.12. The van der Waals surface area contributed by atoms with Crippen LogP contribution in [0.2, 0.25) is 0 Å². The first-order valence-electron chi connectivity index (χ1n) is 6.40. The van der Waals surface area contributed by atoms with Crippen LogP contribution in [-0.4, -0.2) is 16.1 Å². The van der Waals surface area contributed by atoms with Crippen LogP contribution in [-0.2, 0) is 0 Å². The summed E-state index contributed by atoms with van der Waals surface area (Å²) in [5.41, 5.74) is 7.66. The van der Waals surface area contributed by atoms with Crippen LogP contribution in [0.5, 0.6) is 0 Å². The lowest BCUT2D eigenvalue weighted by Gasteiger charge is -2.13. The molecule has 7 heteroatoms.